The van der Waals surface area contributed by atoms with Crippen molar-refractivity contribution in [2.45, 2.75) is 64.1 Å². The van der Waals surface area contributed by atoms with Gasteiger partial charge in [-0.05, 0) is 52.4 Å². The second kappa shape index (κ2) is 8.33. The zero-order chi connectivity index (χ0) is 21.4. The summed E-state index contributed by atoms with van der Waals surface area (Å²) in [5.74, 6) is -0.154. The maximum atomic E-state index is 12.5. The average Bonchev–Trinajstić information content (AvgIpc) is 3.51. The van der Waals surface area contributed by atoms with Crippen LogP contribution >= 0.6 is 0 Å². The molecule has 2 saturated heterocycles. The zero-order valence-corrected chi connectivity index (χ0v) is 18.5. The molecule has 0 saturated carbocycles. The monoisotopic (exact) mass is 428 g/mol. The lowest BCUT2D eigenvalue weighted by Crippen LogP contribution is -2.48. The van der Waals surface area contributed by atoms with Gasteiger partial charge in [0.05, 0.1) is 25.4 Å². The molecule has 1 amide bonds. The number of nitrogens with zero attached hydrogens (tertiary/aromatic N) is 7. The van der Waals surface area contributed by atoms with Gasteiger partial charge in [-0.25, -0.2) is 4.68 Å². The normalized spacial score (nSPS) is 25.2. The van der Waals surface area contributed by atoms with Crippen molar-refractivity contribution in [3.63, 3.8) is 0 Å². The Bertz CT molecular complexity index is 932. The highest BCUT2D eigenvalue weighted by Crippen LogP contribution is 2.35. The first kappa shape index (κ1) is 20.6. The van der Waals surface area contributed by atoms with Crippen LogP contribution in [0.25, 0.3) is 0 Å². The van der Waals surface area contributed by atoms with Crippen LogP contribution in [0.5, 0.6) is 0 Å². The number of hydrogen-bond donors (Lipinski definition) is 1. The number of rotatable bonds is 5. The predicted octanol–water partition coefficient (Wildman–Crippen LogP) is 0.493. The van der Waals surface area contributed by atoms with Crippen LogP contribution in [0.2, 0.25) is 0 Å². The Morgan fingerprint density at radius 1 is 1.29 bits per heavy atom. The van der Waals surface area contributed by atoms with E-state index in [1.54, 1.807) is 16.9 Å². The van der Waals surface area contributed by atoms with Gasteiger partial charge in [0.15, 0.2) is 0 Å². The fourth-order valence-corrected chi connectivity index (χ4v) is 5.16. The van der Waals surface area contributed by atoms with E-state index in [9.17, 15) is 4.79 Å². The standard InChI is InChI=1S/C21H32N8O2/c1-3-28-18(4-8-23-28)20(30)22-12-17-19-13-31-21(15-29(19)25-24-17)7-11-27(14-21)16-5-9-26(2)10-6-16/h4,8,16H,3,5-7,9-15H2,1-2H3,(H,22,30). The Morgan fingerprint density at radius 2 is 2.13 bits per heavy atom. The largest absolute Gasteiger partial charge is 0.365 e. The average molecular weight is 429 g/mol. The lowest BCUT2D eigenvalue weighted by molar-refractivity contribution is -0.0867. The number of aromatic nitrogens is 5. The maximum absolute atomic E-state index is 12.5. The smallest absolute Gasteiger partial charge is 0.269 e. The molecule has 2 fully saturated rings. The molecule has 168 valence electrons. The van der Waals surface area contributed by atoms with E-state index in [0.717, 1.165) is 37.4 Å². The van der Waals surface area contributed by atoms with Crippen LogP contribution in [-0.2, 0) is 31.0 Å². The van der Waals surface area contributed by atoms with Crippen molar-refractivity contribution in [3.05, 3.63) is 29.3 Å². The first-order valence-electron chi connectivity index (χ1n) is 11.3. The van der Waals surface area contributed by atoms with E-state index in [2.05, 4.69) is 37.6 Å². The van der Waals surface area contributed by atoms with Gasteiger partial charge in [-0.1, -0.05) is 5.21 Å². The summed E-state index contributed by atoms with van der Waals surface area (Å²) in [6.07, 6.45) is 5.15. The van der Waals surface area contributed by atoms with Crippen LogP contribution in [-0.4, -0.2) is 85.4 Å². The molecule has 1 spiro atoms. The molecule has 0 aromatic carbocycles. The molecule has 2 aromatic heterocycles. The Labute approximate surface area is 182 Å². The number of ether oxygens (including phenoxy) is 1. The van der Waals surface area contributed by atoms with E-state index in [1.165, 1.54) is 25.9 Å². The summed E-state index contributed by atoms with van der Waals surface area (Å²) in [7, 11) is 2.20. The molecule has 10 nitrogen and oxygen atoms in total. The van der Waals surface area contributed by atoms with E-state index in [-0.39, 0.29) is 11.5 Å². The van der Waals surface area contributed by atoms with Crippen molar-refractivity contribution in [2.75, 3.05) is 33.2 Å². The highest BCUT2D eigenvalue weighted by Gasteiger charge is 2.45. The summed E-state index contributed by atoms with van der Waals surface area (Å²) < 4.78 is 10.1. The molecular formula is C21H32N8O2. The number of carbonyl (C=O) groups excluding carboxylic acids is 1. The van der Waals surface area contributed by atoms with Gasteiger partial charge in [0, 0.05) is 31.9 Å². The molecule has 5 heterocycles. The first-order valence-corrected chi connectivity index (χ1v) is 11.3. The van der Waals surface area contributed by atoms with Crippen LogP contribution in [0.3, 0.4) is 0 Å². The minimum Gasteiger partial charge on any atom is -0.365 e. The molecule has 1 atom stereocenters. The number of piperidine rings is 1. The SMILES string of the molecule is CCn1nccc1C(=O)NCc1nnn2c1COC1(CCN(C3CCN(C)CC3)C1)C2. The summed E-state index contributed by atoms with van der Waals surface area (Å²) in [5, 5.41) is 15.8. The van der Waals surface area contributed by atoms with E-state index in [4.69, 9.17) is 4.74 Å². The van der Waals surface area contributed by atoms with Crippen LogP contribution in [0, 0.1) is 0 Å². The summed E-state index contributed by atoms with van der Waals surface area (Å²) in [6.45, 7) is 8.58. The van der Waals surface area contributed by atoms with E-state index in [0.29, 0.717) is 31.4 Å². The van der Waals surface area contributed by atoms with E-state index >= 15 is 0 Å². The predicted molar refractivity (Wildman–Crippen MR) is 113 cm³/mol. The molecule has 1 N–H and O–H groups in total. The summed E-state index contributed by atoms with van der Waals surface area (Å²) in [4.78, 5) is 17.5. The van der Waals surface area contributed by atoms with Crippen molar-refractivity contribution in [2.24, 2.45) is 0 Å². The molecule has 1 unspecified atom stereocenters. The fraction of sp³-hybridized carbons (Fsp3) is 0.714. The minimum atomic E-state index is -0.168. The van der Waals surface area contributed by atoms with Gasteiger partial charge in [-0.3, -0.25) is 14.4 Å². The molecule has 0 radical (unpaired) electrons. The Hall–Kier alpha value is -2.30. The van der Waals surface area contributed by atoms with Crippen molar-refractivity contribution in [1.29, 1.82) is 0 Å². The lowest BCUT2D eigenvalue weighted by atomic mass is 10.0. The van der Waals surface area contributed by atoms with Gasteiger partial charge < -0.3 is 15.0 Å². The third-order valence-electron chi connectivity index (χ3n) is 7.09. The van der Waals surface area contributed by atoms with Crippen LogP contribution in [0.1, 0.15) is 48.1 Å². The lowest BCUT2D eigenvalue weighted by Gasteiger charge is -2.38. The zero-order valence-electron chi connectivity index (χ0n) is 18.5. The third kappa shape index (κ3) is 3.99. The topological polar surface area (TPSA) is 93.3 Å². The molecule has 3 aliphatic heterocycles. The molecule has 0 aliphatic carbocycles. The molecule has 3 aliphatic rings. The fourth-order valence-electron chi connectivity index (χ4n) is 5.16. The molecule has 31 heavy (non-hydrogen) atoms. The highest BCUT2D eigenvalue weighted by molar-refractivity contribution is 5.92. The van der Waals surface area contributed by atoms with Crippen molar-refractivity contribution >= 4 is 5.91 Å². The van der Waals surface area contributed by atoms with Crippen LogP contribution < -0.4 is 5.32 Å². The second-order valence-corrected chi connectivity index (χ2v) is 9.08. The van der Waals surface area contributed by atoms with Gasteiger partial charge in [0.25, 0.3) is 5.91 Å². The number of likely N-dealkylation sites (tertiary alicyclic amines) is 2. The Kier molecular flexibility index (Phi) is 5.53. The maximum Gasteiger partial charge on any atom is 0.269 e. The number of aryl methyl sites for hydroxylation is 1. The third-order valence-corrected chi connectivity index (χ3v) is 7.09. The molecule has 10 heteroatoms. The Morgan fingerprint density at radius 3 is 2.94 bits per heavy atom. The van der Waals surface area contributed by atoms with Gasteiger partial charge >= 0.3 is 0 Å². The highest BCUT2D eigenvalue weighted by atomic mass is 16.5. The quantitative estimate of drug-likeness (QED) is 0.741. The molecule has 2 aromatic rings. The number of carbonyl (C=O) groups is 1. The summed E-state index contributed by atoms with van der Waals surface area (Å²) in [5.41, 5.74) is 2.13. The van der Waals surface area contributed by atoms with Gasteiger partial charge in [0.2, 0.25) is 0 Å². The molecule has 0 bridgehead atoms. The number of fused-ring (bicyclic) bond motifs is 1. The van der Waals surface area contributed by atoms with Crippen molar-refractivity contribution < 1.29 is 9.53 Å². The first-order chi connectivity index (χ1) is 15.1. The van der Waals surface area contributed by atoms with E-state index in [1.807, 2.05) is 11.6 Å². The van der Waals surface area contributed by atoms with Gasteiger partial charge in [0.1, 0.15) is 17.0 Å². The number of amides is 1. The van der Waals surface area contributed by atoms with E-state index < -0.39 is 0 Å². The van der Waals surface area contributed by atoms with Crippen molar-refractivity contribution in [1.82, 2.24) is 39.9 Å². The Balaban J connectivity index is 1.20. The second-order valence-electron chi connectivity index (χ2n) is 9.08. The molecular weight excluding hydrogens is 396 g/mol. The van der Waals surface area contributed by atoms with Gasteiger partial charge in [-0.2, -0.15) is 5.10 Å². The number of hydrogen-bond acceptors (Lipinski definition) is 7. The molecule has 5 rings (SSSR count). The summed E-state index contributed by atoms with van der Waals surface area (Å²) in [6, 6.07) is 2.39. The van der Waals surface area contributed by atoms with Crippen molar-refractivity contribution in [3.8, 4) is 0 Å². The van der Waals surface area contributed by atoms with Crippen LogP contribution in [0.15, 0.2) is 12.3 Å². The van der Waals surface area contributed by atoms with Crippen LogP contribution in [0.4, 0.5) is 0 Å². The summed E-state index contributed by atoms with van der Waals surface area (Å²) >= 11 is 0. The minimum absolute atomic E-state index is 0.154. The van der Waals surface area contributed by atoms with Gasteiger partial charge in [-0.15, -0.1) is 5.10 Å². The number of nitrogens with one attached hydrogen (secondary N) is 1.